The Morgan fingerprint density at radius 1 is 0.500 bits per heavy atom. The Balaban J connectivity index is 1.31. The number of ketones is 1. The van der Waals surface area contributed by atoms with E-state index in [1.54, 1.807) is 6.92 Å². The van der Waals surface area contributed by atoms with Gasteiger partial charge >= 0.3 is 5.97 Å². The lowest BCUT2D eigenvalue weighted by Gasteiger charge is -2.27. The molecule has 6 aromatic carbocycles. The molecule has 6 aromatic rings. The fourth-order valence-electron chi connectivity index (χ4n) is 7.39. The third-order valence-corrected chi connectivity index (χ3v) is 10.7. The van der Waals surface area contributed by atoms with Crippen LogP contribution in [-0.2, 0) is 40.0 Å². The maximum atomic E-state index is 11.8. The van der Waals surface area contributed by atoms with Gasteiger partial charge in [-0.05, 0) is 164 Å². The van der Waals surface area contributed by atoms with Gasteiger partial charge in [0, 0.05) is 47.0 Å². The van der Waals surface area contributed by atoms with E-state index < -0.39 is 0 Å². The van der Waals surface area contributed by atoms with Crippen LogP contribution in [0.3, 0.4) is 0 Å². The van der Waals surface area contributed by atoms with Crippen molar-refractivity contribution in [3.8, 4) is 11.1 Å². The Hall–Kier alpha value is -5.94. The number of rotatable bonds is 16. The summed E-state index contributed by atoms with van der Waals surface area (Å²) in [6.45, 7) is 10.4. The number of esters is 1. The minimum atomic E-state index is -0.211. The maximum absolute atomic E-state index is 11.8. The summed E-state index contributed by atoms with van der Waals surface area (Å²) in [6, 6.07) is 48.2. The summed E-state index contributed by atoms with van der Waals surface area (Å²) < 4.78 is 4.85. The van der Waals surface area contributed by atoms with Gasteiger partial charge < -0.3 is 19.3 Å². The fraction of sp³-hybridized carbons (Fsp3) is 0.255. The fourth-order valence-corrected chi connectivity index (χ4v) is 7.39. The van der Waals surface area contributed by atoms with E-state index in [4.69, 9.17) is 4.74 Å². The first-order chi connectivity index (χ1) is 27.2. The van der Waals surface area contributed by atoms with Gasteiger partial charge in [0.25, 0.3) is 0 Å². The van der Waals surface area contributed by atoms with Crippen LogP contribution in [0.1, 0.15) is 73.4 Å². The van der Waals surface area contributed by atoms with Gasteiger partial charge in [-0.1, -0.05) is 80.9 Å². The number of ether oxygens (including phenoxy) is 1. The van der Waals surface area contributed by atoms with Gasteiger partial charge in [-0.25, -0.2) is 0 Å². The lowest BCUT2D eigenvalue weighted by molar-refractivity contribution is -0.140. The molecule has 0 saturated heterocycles. The zero-order chi connectivity index (χ0) is 39.6. The average Bonchev–Trinajstić information content (AvgIpc) is 3.21. The number of nitrogens with zero attached hydrogens (tertiary/aromatic N) is 2. The van der Waals surface area contributed by atoms with E-state index in [0.29, 0.717) is 19.3 Å². The molecule has 0 unspecified atom stereocenters. The minimum Gasteiger partial charge on any atom is -0.469 e. The number of hydrogen-bond acceptors (Lipinski definition) is 5. The second-order valence-electron chi connectivity index (χ2n) is 14.7. The monoisotopic (exact) mass is 742 g/mol. The van der Waals surface area contributed by atoms with Crippen LogP contribution in [0.5, 0.6) is 0 Å². The van der Waals surface area contributed by atoms with E-state index in [9.17, 15) is 9.59 Å². The van der Waals surface area contributed by atoms with Crippen LogP contribution in [0, 0.1) is 13.8 Å². The lowest BCUT2D eigenvalue weighted by Crippen LogP contribution is -2.11. The number of anilines is 6. The van der Waals surface area contributed by atoms with Crippen LogP contribution >= 0.6 is 0 Å². The molecule has 0 heterocycles. The van der Waals surface area contributed by atoms with Crippen molar-refractivity contribution in [3.63, 3.8) is 0 Å². The zero-order valence-corrected chi connectivity index (χ0v) is 33.8. The number of benzene rings is 6. The molecule has 0 fully saturated rings. The van der Waals surface area contributed by atoms with Crippen molar-refractivity contribution in [2.24, 2.45) is 0 Å². The summed E-state index contributed by atoms with van der Waals surface area (Å²) in [7, 11) is 1.42. The highest BCUT2D eigenvalue weighted by molar-refractivity contribution is 5.81. The highest BCUT2D eigenvalue weighted by atomic mass is 16.5. The molecule has 0 atom stereocenters. The summed E-state index contributed by atoms with van der Waals surface area (Å²) in [4.78, 5) is 28.1. The van der Waals surface area contributed by atoms with Crippen LogP contribution in [0.25, 0.3) is 11.1 Å². The SMILES string of the molecule is CCCc1ccc(N(c2ccc(-c3ccc(N(c4ccc(CCC(=O)OC)cc4)c4ccc(CCC(C)=O)c(C)c4)cc3)cc2)c2ccc(CC)c(C)c2)cc1. The van der Waals surface area contributed by atoms with E-state index in [2.05, 4.69) is 171 Å². The largest absolute Gasteiger partial charge is 0.469 e. The van der Waals surface area contributed by atoms with Gasteiger partial charge in [0.05, 0.1) is 7.11 Å². The van der Waals surface area contributed by atoms with E-state index in [1.165, 1.54) is 29.4 Å². The quantitative estimate of drug-likeness (QED) is 0.0924. The maximum Gasteiger partial charge on any atom is 0.305 e. The molecule has 6 rings (SSSR count). The van der Waals surface area contributed by atoms with Crippen LogP contribution in [0.2, 0.25) is 0 Å². The summed E-state index contributed by atoms with van der Waals surface area (Å²) in [5.41, 5.74) is 16.2. The molecule has 5 heteroatoms. The number of methoxy groups -OCH3 is 1. The first kappa shape index (κ1) is 39.7. The van der Waals surface area contributed by atoms with Crippen molar-refractivity contribution in [2.75, 3.05) is 16.9 Å². The average molecular weight is 743 g/mol. The normalized spacial score (nSPS) is 11.0. The zero-order valence-electron chi connectivity index (χ0n) is 33.8. The highest BCUT2D eigenvalue weighted by Gasteiger charge is 2.17. The Morgan fingerprint density at radius 3 is 1.30 bits per heavy atom. The third-order valence-electron chi connectivity index (χ3n) is 10.7. The predicted molar refractivity (Wildman–Crippen MR) is 233 cm³/mol. The lowest BCUT2D eigenvalue weighted by atomic mass is 10.0. The molecule has 0 saturated carbocycles. The third kappa shape index (κ3) is 9.64. The predicted octanol–water partition coefficient (Wildman–Crippen LogP) is 13.1. The van der Waals surface area contributed by atoms with Crippen LogP contribution < -0.4 is 9.80 Å². The van der Waals surface area contributed by atoms with Crippen molar-refractivity contribution in [2.45, 2.75) is 79.6 Å². The van der Waals surface area contributed by atoms with E-state index in [1.807, 2.05) is 0 Å². The molecule has 0 bridgehead atoms. The van der Waals surface area contributed by atoms with Crippen LogP contribution in [0.15, 0.2) is 133 Å². The standard InChI is InChI=1S/C51H54N2O3/c1-7-9-39-11-23-45(24-12-39)52(49-31-17-41(8-2)36(3)34-49)47-27-19-43(20-28-47)44-21-29-48(30-22-44)53(46-25-13-40(14-26-46)15-33-51(55)56-6)50-32-18-42(37(4)35-50)16-10-38(5)54/h11-14,17-32,34-35H,7-10,15-16,33H2,1-6H3. The van der Waals surface area contributed by atoms with Gasteiger partial charge in [-0.2, -0.15) is 0 Å². The summed E-state index contributed by atoms with van der Waals surface area (Å²) in [5, 5.41) is 0. The molecular formula is C51H54N2O3. The van der Waals surface area contributed by atoms with Crippen molar-refractivity contribution in [3.05, 3.63) is 167 Å². The Labute approximate surface area is 333 Å². The molecular weight excluding hydrogens is 689 g/mol. The summed E-state index contributed by atoms with van der Waals surface area (Å²) in [6.07, 6.45) is 5.46. The number of Topliss-reactive ketones (excluding diaryl/α,β-unsaturated/α-hetero) is 1. The number of carbonyl (C=O) groups is 2. The molecule has 0 aliphatic carbocycles. The molecule has 0 N–H and O–H groups in total. The molecule has 56 heavy (non-hydrogen) atoms. The second-order valence-corrected chi connectivity index (χ2v) is 14.7. The Kier molecular flexibility index (Phi) is 13.2. The molecule has 286 valence electrons. The van der Waals surface area contributed by atoms with E-state index in [-0.39, 0.29) is 11.8 Å². The van der Waals surface area contributed by atoms with Gasteiger partial charge in [0.1, 0.15) is 5.78 Å². The Morgan fingerprint density at radius 2 is 0.911 bits per heavy atom. The Bertz CT molecular complexity index is 2240. The minimum absolute atomic E-state index is 0.198. The van der Waals surface area contributed by atoms with E-state index in [0.717, 1.165) is 82.1 Å². The molecule has 0 aromatic heterocycles. The summed E-state index contributed by atoms with van der Waals surface area (Å²) in [5.74, 6) is -0.0136. The molecule has 0 aliphatic heterocycles. The number of carbonyl (C=O) groups excluding carboxylic acids is 2. The molecule has 0 aliphatic rings. The van der Waals surface area contributed by atoms with Crippen molar-refractivity contribution in [1.82, 2.24) is 0 Å². The van der Waals surface area contributed by atoms with Crippen LogP contribution in [0.4, 0.5) is 34.1 Å². The van der Waals surface area contributed by atoms with Gasteiger partial charge in [-0.3, -0.25) is 4.79 Å². The van der Waals surface area contributed by atoms with Crippen molar-refractivity contribution in [1.29, 1.82) is 0 Å². The van der Waals surface area contributed by atoms with Crippen molar-refractivity contribution < 1.29 is 14.3 Å². The van der Waals surface area contributed by atoms with Gasteiger partial charge in [-0.15, -0.1) is 0 Å². The summed E-state index contributed by atoms with van der Waals surface area (Å²) >= 11 is 0. The molecule has 0 amide bonds. The smallest absolute Gasteiger partial charge is 0.305 e. The highest BCUT2D eigenvalue weighted by Crippen LogP contribution is 2.39. The number of hydrogen-bond donors (Lipinski definition) is 0. The molecule has 5 nitrogen and oxygen atoms in total. The number of aryl methyl sites for hydroxylation is 6. The van der Waals surface area contributed by atoms with Gasteiger partial charge in [0.2, 0.25) is 0 Å². The van der Waals surface area contributed by atoms with Gasteiger partial charge in [0.15, 0.2) is 0 Å². The van der Waals surface area contributed by atoms with Crippen LogP contribution in [-0.4, -0.2) is 18.9 Å². The molecule has 0 radical (unpaired) electrons. The second kappa shape index (κ2) is 18.6. The topological polar surface area (TPSA) is 49.9 Å². The van der Waals surface area contributed by atoms with Crippen molar-refractivity contribution >= 4 is 45.9 Å². The first-order valence-electron chi connectivity index (χ1n) is 19.9. The van der Waals surface area contributed by atoms with E-state index >= 15 is 0 Å². The first-order valence-corrected chi connectivity index (χ1v) is 19.9. The molecule has 0 spiro atoms.